The van der Waals surface area contributed by atoms with Crippen LogP contribution in [0.15, 0.2) is 23.2 Å². The minimum Gasteiger partial charge on any atom is -0.338 e. The lowest BCUT2D eigenvalue weighted by Gasteiger charge is -2.13. The van der Waals surface area contributed by atoms with Crippen molar-refractivity contribution in [3.63, 3.8) is 0 Å². The lowest BCUT2D eigenvalue weighted by Crippen LogP contribution is -2.21. The normalized spacial score (nSPS) is 21.1. The van der Waals surface area contributed by atoms with Crippen molar-refractivity contribution in [1.29, 1.82) is 0 Å². The third-order valence-corrected chi connectivity index (χ3v) is 3.12. The molecule has 3 heterocycles. The molecule has 0 amide bonds. The van der Waals surface area contributed by atoms with Crippen molar-refractivity contribution in [3.05, 3.63) is 30.2 Å². The largest absolute Gasteiger partial charge is 0.338 e. The maximum atomic E-state index is 5.02. The van der Waals surface area contributed by atoms with Gasteiger partial charge in [0.25, 0.3) is 0 Å². The fourth-order valence-corrected chi connectivity index (χ4v) is 2.26. The van der Waals surface area contributed by atoms with E-state index in [1.807, 2.05) is 6.20 Å². The molecule has 6 nitrogen and oxygen atoms in total. The summed E-state index contributed by atoms with van der Waals surface area (Å²) >= 11 is 0. The zero-order valence-electron chi connectivity index (χ0n) is 9.78. The second-order valence-corrected chi connectivity index (χ2v) is 4.51. The predicted octanol–water partition coefficient (Wildman–Crippen LogP) is 1.02. The van der Waals surface area contributed by atoms with E-state index in [0.29, 0.717) is 11.9 Å². The second kappa shape index (κ2) is 4.29. The molecular formula is C11H15N5O. The maximum Gasteiger partial charge on any atom is 0.240 e. The van der Waals surface area contributed by atoms with Crippen LogP contribution in [0, 0.1) is 6.92 Å². The average molecular weight is 233 g/mol. The molecule has 2 aromatic rings. The third-order valence-electron chi connectivity index (χ3n) is 3.12. The summed E-state index contributed by atoms with van der Waals surface area (Å²) in [4.78, 5) is 6.35. The molecule has 90 valence electrons. The molecule has 0 bridgehead atoms. The molecule has 1 fully saturated rings. The molecule has 0 N–H and O–H groups in total. The first-order valence-electron chi connectivity index (χ1n) is 5.80. The monoisotopic (exact) mass is 233 g/mol. The van der Waals surface area contributed by atoms with Gasteiger partial charge in [0.2, 0.25) is 5.89 Å². The minimum atomic E-state index is 0.464. The van der Waals surface area contributed by atoms with Crippen molar-refractivity contribution >= 4 is 0 Å². The van der Waals surface area contributed by atoms with Crippen LogP contribution in [0.1, 0.15) is 23.9 Å². The van der Waals surface area contributed by atoms with Gasteiger partial charge in [0.1, 0.15) is 0 Å². The smallest absolute Gasteiger partial charge is 0.240 e. The molecule has 6 heteroatoms. The van der Waals surface area contributed by atoms with Crippen LogP contribution in [-0.2, 0) is 6.54 Å². The van der Waals surface area contributed by atoms with Crippen LogP contribution in [0.3, 0.4) is 0 Å². The topological polar surface area (TPSA) is 60.0 Å². The Hall–Kier alpha value is -1.69. The zero-order valence-corrected chi connectivity index (χ0v) is 9.78. The quantitative estimate of drug-likeness (QED) is 0.792. The number of hydrogen-bond donors (Lipinski definition) is 0. The van der Waals surface area contributed by atoms with Gasteiger partial charge in [-0.2, -0.15) is 10.1 Å². The number of nitrogens with zero attached hydrogens (tertiary/aromatic N) is 5. The molecule has 0 spiro atoms. The van der Waals surface area contributed by atoms with E-state index in [0.717, 1.165) is 26.1 Å². The average Bonchev–Trinajstić information content (AvgIpc) is 2.99. The molecular weight excluding hydrogens is 218 g/mol. The van der Waals surface area contributed by atoms with E-state index in [2.05, 4.69) is 37.9 Å². The van der Waals surface area contributed by atoms with Gasteiger partial charge in [-0.1, -0.05) is 5.16 Å². The molecule has 3 rings (SSSR count). The number of hydrogen-bond acceptors (Lipinski definition) is 5. The van der Waals surface area contributed by atoms with E-state index in [1.165, 1.54) is 11.9 Å². The number of likely N-dealkylation sites (tertiary alicyclic amines) is 1. The van der Waals surface area contributed by atoms with Crippen LogP contribution in [-0.4, -0.2) is 37.9 Å². The van der Waals surface area contributed by atoms with Gasteiger partial charge in [-0.05, 0) is 18.9 Å². The standard InChI is InChI=1S/C11H15N5O/c1-9-4-13-16(5-9)10-2-3-15(6-10)7-11-12-8-14-17-11/h4-5,8,10H,2-3,6-7H2,1H3. The molecule has 0 aromatic carbocycles. The van der Waals surface area contributed by atoms with Crippen LogP contribution in [0.25, 0.3) is 0 Å². The molecule has 1 aliphatic heterocycles. The van der Waals surface area contributed by atoms with Crippen LogP contribution < -0.4 is 0 Å². The molecule has 1 unspecified atom stereocenters. The van der Waals surface area contributed by atoms with Gasteiger partial charge < -0.3 is 4.52 Å². The second-order valence-electron chi connectivity index (χ2n) is 4.51. The van der Waals surface area contributed by atoms with E-state index in [4.69, 9.17) is 4.52 Å². The maximum absolute atomic E-state index is 5.02. The van der Waals surface area contributed by atoms with Gasteiger partial charge in [0.15, 0.2) is 6.33 Å². The summed E-state index contributed by atoms with van der Waals surface area (Å²) in [6.07, 6.45) is 6.57. The first kappa shape index (κ1) is 10.5. The SMILES string of the molecule is Cc1cnn(C2CCN(Cc3ncno3)C2)c1. The number of aryl methyl sites for hydroxylation is 1. The highest BCUT2D eigenvalue weighted by Crippen LogP contribution is 2.22. The van der Waals surface area contributed by atoms with Crippen LogP contribution in [0.2, 0.25) is 0 Å². The molecule has 1 atom stereocenters. The Labute approximate surface area is 99.2 Å². The fraction of sp³-hybridized carbons (Fsp3) is 0.545. The first-order valence-corrected chi connectivity index (χ1v) is 5.80. The summed E-state index contributed by atoms with van der Waals surface area (Å²) in [6, 6.07) is 0.464. The summed E-state index contributed by atoms with van der Waals surface area (Å²) in [7, 11) is 0. The van der Waals surface area contributed by atoms with Crippen molar-refractivity contribution in [1.82, 2.24) is 24.8 Å². The molecule has 0 radical (unpaired) electrons. The van der Waals surface area contributed by atoms with Gasteiger partial charge in [0, 0.05) is 19.3 Å². The summed E-state index contributed by atoms with van der Waals surface area (Å²) in [5.41, 5.74) is 1.21. The lowest BCUT2D eigenvalue weighted by molar-refractivity contribution is 0.258. The Kier molecular flexibility index (Phi) is 2.64. The summed E-state index contributed by atoms with van der Waals surface area (Å²) in [5.74, 6) is 0.683. The molecule has 1 aliphatic rings. The van der Waals surface area contributed by atoms with E-state index in [1.54, 1.807) is 0 Å². The van der Waals surface area contributed by atoms with Gasteiger partial charge in [-0.15, -0.1) is 0 Å². The van der Waals surface area contributed by atoms with Crippen LogP contribution >= 0.6 is 0 Å². The van der Waals surface area contributed by atoms with Gasteiger partial charge in [-0.25, -0.2) is 0 Å². The molecule has 1 saturated heterocycles. The van der Waals surface area contributed by atoms with Crippen molar-refractivity contribution in [3.8, 4) is 0 Å². The highest BCUT2D eigenvalue weighted by atomic mass is 16.5. The zero-order chi connectivity index (χ0) is 11.7. The highest BCUT2D eigenvalue weighted by Gasteiger charge is 2.25. The highest BCUT2D eigenvalue weighted by molar-refractivity contribution is 5.01. The Morgan fingerprint density at radius 3 is 3.18 bits per heavy atom. The summed E-state index contributed by atoms with van der Waals surface area (Å²) < 4.78 is 7.07. The fourth-order valence-electron chi connectivity index (χ4n) is 2.26. The van der Waals surface area contributed by atoms with Crippen molar-refractivity contribution in [2.24, 2.45) is 0 Å². The Bertz CT molecular complexity index is 478. The lowest BCUT2D eigenvalue weighted by atomic mass is 10.3. The third kappa shape index (κ3) is 2.21. The van der Waals surface area contributed by atoms with Gasteiger partial charge in [0.05, 0.1) is 18.8 Å². The van der Waals surface area contributed by atoms with E-state index in [9.17, 15) is 0 Å². The minimum absolute atomic E-state index is 0.464. The van der Waals surface area contributed by atoms with Crippen molar-refractivity contribution in [2.75, 3.05) is 13.1 Å². The van der Waals surface area contributed by atoms with Crippen LogP contribution in [0.5, 0.6) is 0 Å². The predicted molar refractivity (Wildman–Crippen MR) is 60.2 cm³/mol. The van der Waals surface area contributed by atoms with Crippen molar-refractivity contribution in [2.45, 2.75) is 25.9 Å². The molecule has 0 saturated carbocycles. The molecule has 0 aliphatic carbocycles. The van der Waals surface area contributed by atoms with Crippen molar-refractivity contribution < 1.29 is 4.52 Å². The Morgan fingerprint density at radius 1 is 1.53 bits per heavy atom. The first-order chi connectivity index (χ1) is 8.31. The van der Waals surface area contributed by atoms with E-state index < -0.39 is 0 Å². The molecule has 17 heavy (non-hydrogen) atoms. The number of aromatic nitrogens is 4. The van der Waals surface area contributed by atoms with Gasteiger partial charge >= 0.3 is 0 Å². The van der Waals surface area contributed by atoms with E-state index >= 15 is 0 Å². The summed E-state index contributed by atoms with van der Waals surface area (Å²) in [5, 5.41) is 7.98. The van der Waals surface area contributed by atoms with E-state index in [-0.39, 0.29) is 0 Å². The Balaban J connectivity index is 1.62. The Morgan fingerprint density at radius 2 is 2.47 bits per heavy atom. The summed E-state index contributed by atoms with van der Waals surface area (Å²) in [6.45, 7) is 4.83. The molecule has 2 aromatic heterocycles. The van der Waals surface area contributed by atoms with Crippen LogP contribution in [0.4, 0.5) is 0 Å². The van der Waals surface area contributed by atoms with Gasteiger partial charge in [-0.3, -0.25) is 9.58 Å². The number of rotatable bonds is 3.